The van der Waals surface area contributed by atoms with E-state index in [1.54, 1.807) is 0 Å². The average Bonchev–Trinajstić information content (AvgIpc) is 2.50. The minimum atomic E-state index is -0.729. The normalized spacial score (nSPS) is 14.6. The molecular weight excluding hydrogens is 233 g/mol. The summed E-state index contributed by atoms with van der Waals surface area (Å²) in [6.07, 6.45) is 0.643. The molecule has 1 heterocycles. The monoisotopic (exact) mass is 241 g/mol. The van der Waals surface area contributed by atoms with Crippen molar-refractivity contribution in [3.63, 3.8) is 0 Å². The SMILES string of the molecule is CCCN1C(=O)C(=O)c2c(Cl)ccc(F)c21. The lowest BCUT2D eigenvalue weighted by Crippen LogP contribution is -2.30. The molecule has 1 aromatic carbocycles. The van der Waals surface area contributed by atoms with Gasteiger partial charge in [-0.15, -0.1) is 0 Å². The first-order valence-electron chi connectivity index (χ1n) is 4.92. The summed E-state index contributed by atoms with van der Waals surface area (Å²) in [6, 6.07) is 2.45. The third kappa shape index (κ3) is 1.41. The van der Waals surface area contributed by atoms with Gasteiger partial charge in [0.05, 0.1) is 16.3 Å². The quantitative estimate of drug-likeness (QED) is 0.746. The van der Waals surface area contributed by atoms with Gasteiger partial charge in [0.15, 0.2) is 0 Å². The number of fused-ring (bicyclic) bond motifs is 1. The van der Waals surface area contributed by atoms with E-state index in [4.69, 9.17) is 11.6 Å². The van der Waals surface area contributed by atoms with Crippen molar-refractivity contribution >= 4 is 29.0 Å². The van der Waals surface area contributed by atoms with E-state index in [1.807, 2.05) is 6.92 Å². The van der Waals surface area contributed by atoms with E-state index in [1.165, 1.54) is 6.07 Å². The van der Waals surface area contributed by atoms with Gasteiger partial charge in [0.25, 0.3) is 11.7 Å². The van der Waals surface area contributed by atoms with E-state index in [2.05, 4.69) is 0 Å². The third-order valence-electron chi connectivity index (χ3n) is 2.46. The predicted octanol–water partition coefficient (Wildman–Crippen LogP) is 2.42. The van der Waals surface area contributed by atoms with Gasteiger partial charge >= 0.3 is 0 Å². The third-order valence-corrected chi connectivity index (χ3v) is 2.78. The minimum absolute atomic E-state index is 0.0138. The minimum Gasteiger partial charge on any atom is -0.302 e. The van der Waals surface area contributed by atoms with Crippen LogP contribution in [-0.4, -0.2) is 18.2 Å². The van der Waals surface area contributed by atoms with E-state index < -0.39 is 17.5 Å². The maximum Gasteiger partial charge on any atom is 0.299 e. The summed E-state index contributed by atoms with van der Waals surface area (Å²) >= 11 is 5.80. The van der Waals surface area contributed by atoms with Gasteiger partial charge in [-0.25, -0.2) is 4.39 Å². The first-order chi connectivity index (χ1) is 7.57. The molecule has 0 fully saturated rings. The van der Waals surface area contributed by atoms with Gasteiger partial charge in [0.2, 0.25) is 0 Å². The molecule has 3 nitrogen and oxygen atoms in total. The largest absolute Gasteiger partial charge is 0.302 e. The van der Waals surface area contributed by atoms with Gasteiger partial charge in [0, 0.05) is 6.54 Å². The maximum absolute atomic E-state index is 13.6. The summed E-state index contributed by atoms with van der Waals surface area (Å²) in [6.45, 7) is 2.16. The highest BCUT2D eigenvalue weighted by Crippen LogP contribution is 2.36. The Labute approximate surface area is 96.8 Å². The van der Waals surface area contributed by atoms with Gasteiger partial charge in [-0.3, -0.25) is 9.59 Å². The number of halogens is 2. The molecule has 0 bridgehead atoms. The lowest BCUT2D eigenvalue weighted by atomic mass is 10.1. The van der Waals surface area contributed by atoms with Gasteiger partial charge in [-0.2, -0.15) is 0 Å². The lowest BCUT2D eigenvalue weighted by Gasteiger charge is -2.15. The standard InChI is InChI=1S/C11H9ClFNO2/c1-2-5-14-9-7(13)4-3-6(12)8(9)10(15)11(14)16/h3-4H,2,5H2,1H3. The Morgan fingerprint density at radius 1 is 1.38 bits per heavy atom. The fraction of sp³-hybridized carbons (Fsp3) is 0.273. The average molecular weight is 242 g/mol. The molecule has 0 N–H and O–H groups in total. The van der Waals surface area contributed by atoms with Crippen molar-refractivity contribution < 1.29 is 14.0 Å². The number of anilines is 1. The number of amides is 1. The molecule has 16 heavy (non-hydrogen) atoms. The second kappa shape index (κ2) is 3.87. The number of nitrogens with zero attached hydrogens (tertiary/aromatic N) is 1. The summed E-state index contributed by atoms with van der Waals surface area (Å²) in [5.74, 6) is -2.02. The summed E-state index contributed by atoms with van der Waals surface area (Å²) in [5, 5.41) is 0.119. The van der Waals surface area contributed by atoms with Crippen LogP contribution in [0, 0.1) is 5.82 Å². The molecule has 2 rings (SSSR count). The van der Waals surface area contributed by atoms with Crippen LogP contribution in [0.15, 0.2) is 12.1 Å². The zero-order valence-corrected chi connectivity index (χ0v) is 9.34. The molecular formula is C11H9ClFNO2. The summed E-state index contributed by atoms with van der Waals surface area (Å²) < 4.78 is 13.6. The van der Waals surface area contributed by atoms with E-state index in [-0.39, 0.29) is 16.3 Å². The Balaban J connectivity index is 2.64. The molecule has 1 aliphatic rings. The predicted molar refractivity (Wildman–Crippen MR) is 58.4 cm³/mol. The topological polar surface area (TPSA) is 37.4 Å². The fourth-order valence-electron chi connectivity index (χ4n) is 1.79. The molecule has 84 valence electrons. The number of rotatable bonds is 2. The Hall–Kier alpha value is -1.42. The number of carbonyl (C=O) groups excluding carboxylic acids is 2. The highest BCUT2D eigenvalue weighted by molar-refractivity contribution is 6.55. The van der Waals surface area contributed by atoms with Crippen LogP contribution in [0.4, 0.5) is 10.1 Å². The lowest BCUT2D eigenvalue weighted by molar-refractivity contribution is -0.114. The van der Waals surface area contributed by atoms with Crippen molar-refractivity contribution in [1.82, 2.24) is 0 Å². The van der Waals surface area contributed by atoms with Crippen LogP contribution >= 0.6 is 11.6 Å². The van der Waals surface area contributed by atoms with Crippen LogP contribution in [0.5, 0.6) is 0 Å². The molecule has 0 radical (unpaired) electrons. The smallest absolute Gasteiger partial charge is 0.299 e. The Morgan fingerprint density at radius 3 is 2.69 bits per heavy atom. The number of carbonyl (C=O) groups is 2. The van der Waals surface area contributed by atoms with Crippen molar-refractivity contribution in [3.05, 3.63) is 28.5 Å². The summed E-state index contributed by atoms with van der Waals surface area (Å²) in [5.41, 5.74) is 0.00414. The second-order valence-corrected chi connectivity index (χ2v) is 3.95. The molecule has 0 aliphatic carbocycles. The van der Waals surface area contributed by atoms with Crippen molar-refractivity contribution in [2.75, 3.05) is 11.4 Å². The highest BCUT2D eigenvalue weighted by atomic mass is 35.5. The van der Waals surface area contributed by atoms with Gasteiger partial charge < -0.3 is 4.90 Å². The van der Waals surface area contributed by atoms with Crippen LogP contribution in [-0.2, 0) is 4.79 Å². The molecule has 1 aliphatic heterocycles. The summed E-state index contributed by atoms with van der Waals surface area (Å²) in [7, 11) is 0. The molecule has 1 amide bonds. The zero-order valence-electron chi connectivity index (χ0n) is 8.59. The van der Waals surface area contributed by atoms with Crippen LogP contribution in [0.3, 0.4) is 0 Å². The molecule has 0 aromatic heterocycles. The molecule has 1 aromatic rings. The fourth-order valence-corrected chi connectivity index (χ4v) is 2.03. The van der Waals surface area contributed by atoms with Crippen LogP contribution in [0.2, 0.25) is 5.02 Å². The Kier molecular flexibility index (Phi) is 2.68. The van der Waals surface area contributed by atoms with Crippen LogP contribution in [0.25, 0.3) is 0 Å². The van der Waals surface area contributed by atoms with Crippen molar-refractivity contribution in [2.45, 2.75) is 13.3 Å². The van der Waals surface area contributed by atoms with Crippen LogP contribution < -0.4 is 4.90 Å². The number of benzene rings is 1. The highest BCUT2D eigenvalue weighted by Gasteiger charge is 2.39. The molecule has 5 heteroatoms. The van der Waals surface area contributed by atoms with Crippen molar-refractivity contribution in [2.24, 2.45) is 0 Å². The second-order valence-electron chi connectivity index (χ2n) is 3.54. The van der Waals surface area contributed by atoms with Crippen molar-refractivity contribution in [1.29, 1.82) is 0 Å². The molecule has 0 saturated heterocycles. The van der Waals surface area contributed by atoms with Gasteiger partial charge in [0.1, 0.15) is 5.82 Å². The van der Waals surface area contributed by atoms with E-state index in [0.717, 1.165) is 11.0 Å². The first kappa shape index (κ1) is 11.1. The van der Waals surface area contributed by atoms with E-state index in [9.17, 15) is 14.0 Å². The van der Waals surface area contributed by atoms with Gasteiger partial charge in [-0.05, 0) is 18.6 Å². The Morgan fingerprint density at radius 2 is 2.06 bits per heavy atom. The molecule has 0 unspecified atom stereocenters. The summed E-state index contributed by atoms with van der Waals surface area (Å²) in [4.78, 5) is 24.4. The molecule has 0 saturated carbocycles. The van der Waals surface area contributed by atoms with Crippen LogP contribution in [0.1, 0.15) is 23.7 Å². The number of hydrogen-bond acceptors (Lipinski definition) is 2. The number of Topliss-reactive ketones (excluding diaryl/α,β-unsaturated/α-hetero) is 1. The van der Waals surface area contributed by atoms with Crippen molar-refractivity contribution in [3.8, 4) is 0 Å². The van der Waals surface area contributed by atoms with Gasteiger partial charge in [-0.1, -0.05) is 18.5 Å². The number of ketones is 1. The molecule has 0 atom stereocenters. The van der Waals surface area contributed by atoms with E-state index >= 15 is 0 Å². The zero-order chi connectivity index (χ0) is 11.9. The maximum atomic E-state index is 13.6. The van der Waals surface area contributed by atoms with E-state index in [0.29, 0.717) is 13.0 Å². The molecule has 0 spiro atoms. The first-order valence-corrected chi connectivity index (χ1v) is 5.30. The number of hydrogen-bond donors (Lipinski definition) is 0. The Bertz CT molecular complexity index is 487.